The third kappa shape index (κ3) is 1.56. The predicted octanol–water partition coefficient (Wildman–Crippen LogP) is 1.66. The van der Waals surface area contributed by atoms with Crippen LogP contribution in [0.25, 0.3) is 16.6 Å². The van der Waals surface area contributed by atoms with Gasteiger partial charge in [-0.05, 0) is 18.2 Å². The van der Waals surface area contributed by atoms with Gasteiger partial charge in [0.05, 0.1) is 10.7 Å². The molecule has 0 spiro atoms. The fourth-order valence-electron chi connectivity index (χ4n) is 1.93. The highest BCUT2D eigenvalue weighted by molar-refractivity contribution is 6.33. The van der Waals surface area contributed by atoms with Gasteiger partial charge in [-0.3, -0.25) is 14.3 Å². The molecule has 18 heavy (non-hydrogen) atoms. The van der Waals surface area contributed by atoms with Crippen molar-refractivity contribution in [3.05, 3.63) is 62.5 Å². The first-order chi connectivity index (χ1) is 8.66. The van der Waals surface area contributed by atoms with E-state index in [1.807, 2.05) is 12.1 Å². The maximum atomic E-state index is 11.8. The fraction of sp³-hybridized carbons (Fsp3) is 0. The highest BCUT2D eigenvalue weighted by Crippen LogP contribution is 2.27. The molecule has 0 bridgehead atoms. The molecule has 0 aliphatic carbocycles. The Kier molecular flexibility index (Phi) is 2.34. The van der Waals surface area contributed by atoms with Crippen molar-refractivity contribution in [2.45, 2.75) is 0 Å². The maximum absolute atomic E-state index is 11.8. The Morgan fingerprint density at radius 1 is 1.11 bits per heavy atom. The lowest BCUT2D eigenvalue weighted by molar-refractivity contribution is 0.902. The lowest BCUT2D eigenvalue weighted by atomic mass is 10.2. The average molecular weight is 262 g/mol. The van der Waals surface area contributed by atoms with Crippen LogP contribution in [0.3, 0.4) is 0 Å². The minimum absolute atomic E-state index is 0.436. The maximum Gasteiger partial charge on any atom is 0.332 e. The Bertz CT molecular complexity index is 844. The zero-order valence-corrected chi connectivity index (χ0v) is 9.86. The second-order valence-corrected chi connectivity index (χ2v) is 4.22. The van der Waals surface area contributed by atoms with E-state index < -0.39 is 11.2 Å². The molecule has 0 saturated heterocycles. The SMILES string of the molecule is O=c1ccn(-c2c(Cl)ccc3[nH]ccc23)c(=O)[nH]1. The molecule has 0 atom stereocenters. The summed E-state index contributed by atoms with van der Waals surface area (Å²) in [5.74, 6) is 0. The van der Waals surface area contributed by atoms with E-state index in [1.165, 1.54) is 16.8 Å². The van der Waals surface area contributed by atoms with Crippen molar-refractivity contribution in [2.75, 3.05) is 0 Å². The highest BCUT2D eigenvalue weighted by atomic mass is 35.5. The highest BCUT2D eigenvalue weighted by Gasteiger charge is 2.10. The van der Waals surface area contributed by atoms with Crippen molar-refractivity contribution in [1.29, 1.82) is 0 Å². The molecule has 0 fully saturated rings. The molecule has 1 aromatic carbocycles. The molecule has 2 aromatic heterocycles. The van der Waals surface area contributed by atoms with E-state index in [2.05, 4.69) is 9.97 Å². The van der Waals surface area contributed by atoms with Gasteiger partial charge >= 0.3 is 5.69 Å². The van der Waals surface area contributed by atoms with Gasteiger partial charge in [0.15, 0.2) is 0 Å². The van der Waals surface area contributed by atoms with Crippen molar-refractivity contribution in [1.82, 2.24) is 14.5 Å². The number of benzene rings is 1. The van der Waals surface area contributed by atoms with E-state index in [9.17, 15) is 9.59 Å². The summed E-state index contributed by atoms with van der Waals surface area (Å²) in [4.78, 5) is 28.1. The molecule has 2 heterocycles. The Hall–Kier alpha value is -2.27. The first-order valence-electron chi connectivity index (χ1n) is 5.25. The molecule has 0 radical (unpaired) electrons. The van der Waals surface area contributed by atoms with Gasteiger partial charge in [0.1, 0.15) is 0 Å². The lowest BCUT2D eigenvalue weighted by Crippen LogP contribution is -2.27. The Balaban J connectivity index is 2.44. The van der Waals surface area contributed by atoms with E-state index in [1.54, 1.807) is 12.3 Å². The zero-order valence-electron chi connectivity index (χ0n) is 9.11. The van der Waals surface area contributed by atoms with Crippen LogP contribution in [-0.4, -0.2) is 14.5 Å². The lowest BCUT2D eigenvalue weighted by Gasteiger charge is -2.08. The number of nitrogens with one attached hydrogen (secondary N) is 2. The van der Waals surface area contributed by atoms with Crippen molar-refractivity contribution >= 4 is 22.5 Å². The van der Waals surface area contributed by atoms with Crippen LogP contribution in [0.4, 0.5) is 0 Å². The fourth-order valence-corrected chi connectivity index (χ4v) is 2.18. The second kappa shape index (κ2) is 3.89. The van der Waals surface area contributed by atoms with Gasteiger partial charge in [0.25, 0.3) is 5.56 Å². The van der Waals surface area contributed by atoms with Crippen molar-refractivity contribution in [3.8, 4) is 5.69 Å². The number of aromatic amines is 2. The van der Waals surface area contributed by atoms with Crippen LogP contribution < -0.4 is 11.2 Å². The number of hydrogen-bond donors (Lipinski definition) is 2. The van der Waals surface area contributed by atoms with Crippen molar-refractivity contribution in [3.63, 3.8) is 0 Å². The van der Waals surface area contributed by atoms with E-state index in [0.717, 1.165) is 10.9 Å². The molecule has 0 amide bonds. The number of H-pyrrole nitrogens is 2. The van der Waals surface area contributed by atoms with E-state index in [0.29, 0.717) is 10.7 Å². The largest absolute Gasteiger partial charge is 0.361 e. The first kappa shape index (κ1) is 10.9. The van der Waals surface area contributed by atoms with Crippen LogP contribution in [-0.2, 0) is 0 Å². The van der Waals surface area contributed by atoms with E-state index >= 15 is 0 Å². The first-order valence-corrected chi connectivity index (χ1v) is 5.62. The standard InChI is InChI=1S/C12H8ClN3O2/c13-8-1-2-9-7(3-5-14-9)11(8)16-6-4-10(17)15-12(16)18/h1-6,14H,(H,15,17,18). The molecule has 3 rings (SSSR count). The number of nitrogens with zero attached hydrogens (tertiary/aromatic N) is 1. The molecule has 90 valence electrons. The van der Waals surface area contributed by atoms with Gasteiger partial charge < -0.3 is 4.98 Å². The topological polar surface area (TPSA) is 70.7 Å². The molecule has 6 heteroatoms. The molecule has 0 saturated carbocycles. The zero-order chi connectivity index (χ0) is 12.7. The van der Waals surface area contributed by atoms with Crippen LogP contribution in [0.15, 0.2) is 46.2 Å². The van der Waals surface area contributed by atoms with Gasteiger partial charge in [-0.15, -0.1) is 0 Å². The number of rotatable bonds is 1. The van der Waals surface area contributed by atoms with Gasteiger partial charge in [0, 0.05) is 29.4 Å². The van der Waals surface area contributed by atoms with E-state index in [4.69, 9.17) is 11.6 Å². The Morgan fingerprint density at radius 2 is 1.94 bits per heavy atom. The summed E-state index contributed by atoms with van der Waals surface area (Å²) in [6, 6.07) is 6.64. The predicted molar refractivity (Wildman–Crippen MR) is 69.5 cm³/mol. The van der Waals surface area contributed by atoms with Gasteiger partial charge in [-0.2, -0.15) is 0 Å². The summed E-state index contributed by atoms with van der Waals surface area (Å²) in [5.41, 5.74) is 0.468. The van der Waals surface area contributed by atoms with Gasteiger partial charge in [-0.25, -0.2) is 4.79 Å². The summed E-state index contributed by atoms with van der Waals surface area (Å²) in [6.07, 6.45) is 3.18. The smallest absolute Gasteiger partial charge is 0.332 e. The molecule has 0 unspecified atom stereocenters. The third-order valence-corrected chi connectivity index (χ3v) is 3.03. The summed E-state index contributed by atoms with van der Waals surface area (Å²) >= 11 is 6.14. The van der Waals surface area contributed by atoms with Crippen LogP contribution >= 0.6 is 11.6 Å². The van der Waals surface area contributed by atoms with Crippen molar-refractivity contribution < 1.29 is 0 Å². The van der Waals surface area contributed by atoms with Crippen LogP contribution in [0.1, 0.15) is 0 Å². The van der Waals surface area contributed by atoms with Crippen LogP contribution in [0.2, 0.25) is 5.02 Å². The monoisotopic (exact) mass is 261 g/mol. The number of hydrogen-bond acceptors (Lipinski definition) is 2. The van der Waals surface area contributed by atoms with Crippen LogP contribution in [0, 0.1) is 0 Å². The molecular weight excluding hydrogens is 254 g/mol. The molecular formula is C12H8ClN3O2. The van der Waals surface area contributed by atoms with Crippen LogP contribution in [0.5, 0.6) is 0 Å². The average Bonchev–Trinajstić information content (AvgIpc) is 2.79. The molecule has 3 aromatic rings. The third-order valence-electron chi connectivity index (χ3n) is 2.72. The van der Waals surface area contributed by atoms with Crippen molar-refractivity contribution in [2.24, 2.45) is 0 Å². The van der Waals surface area contributed by atoms with Gasteiger partial charge in [-0.1, -0.05) is 11.6 Å². The number of halogens is 1. The summed E-state index contributed by atoms with van der Waals surface area (Å²) in [5, 5.41) is 1.26. The Labute approximate surface area is 106 Å². The number of aromatic nitrogens is 3. The summed E-state index contributed by atoms with van der Waals surface area (Å²) < 4.78 is 1.32. The summed E-state index contributed by atoms with van der Waals surface area (Å²) in [7, 11) is 0. The quantitative estimate of drug-likeness (QED) is 0.699. The molecule has 2 N–H and O–H groups in total. The normalized spacial score (nSPS) is 10.9. The molecule has 5 nitrogen and oxygen atoms in total. The number of fused-ring (bicyclic) bond motifs is 1. The van der Waals surface area contributed by atoms with E-state index in [-0.39, 0.29) is 0 Å². The minimum atomic E-state index is -0.516. The molecule has 0 aliphatic rings. The second-order valence-electron chi connectivity index (χ2n) is 3.82. The molecule has 0 aliphatic heterocycles. The minimum Gasteiger partial charge on any atom is -0.361 e. The summed E-state index contributed by atoms with van der Waals surface area (Å²) in [6.45, 7) is 0. The van der Waals surface area contributed by atoms with Gasteiger partial charge in [0.2, 0.25) is 0 Å². The Morgan fingerprint density at radius 3 is 2.72 bits per heavy atom.